The number of nitrogens with zero attached hydrogens (tertiary/aromatic N) is 4. The van der Waals surface area contributed by atoms with Gasteiger partial charge in [0.1, 0.15) is 36.5 Å². The molecule has 0 amide bonds. The number of halogens is 4. The Morgan fingerprint density at radius 3 is 1.56 bits per heavy atom. The fraction of sp³-hybridized carbons (Fsp3) is 0.111. The maximum absolute atomic E-state index is 13.2. The van der Waals surface area contributed by atoms with Crippen molar-refractivity contribution < 1.29 is 38.1 Å². The molecule has 6 aromatic rings. The summed E-state index contributed by atoms with van der Waals surface area (Å²) in [5.41, 5.74) is 4.01. The van der Waals surface area contributed by atoms with Crippen LogP contribution in [0.5, 0.6) is 0 Å². The van der Waals surface area contributed by atoms with E-state index in [1.54, 1.807) is 60.7 Å². The highest BCUT2D eigenvalue weighted by molar-refractivity contribution is 6.36. The average Bonchev–Trinajstić information content (AvgIpc) is 3.61. The number of aromatic carboxylic acids is 2. The standard InChI is InChI=1S/2C18H14ClFN2O3/c1-25-10-22-17(11-6-8-12(20)9-7-11)15(19)16(21-22)13-4-2-3-5-14(13)18(23)24;1-25-10-22-17(13-4-2-3-5-14(13)18(23)24)15(19)16(21-22)11-6-8-12(20)9-7-11/h2*2-9H,10H2,1H3,(H,23,24). The van der Waals surface area contributed by atoms with E-state index in [0.717, 1.165) is 0 Å². The molecule has 6 rings (SSSR count). The topological polar surface area (TPSA) is 129 Å². The Balaban J connectivity index is 0.000000194. The van der Waals surface area contributed by atoms with E-state index in [1.807, 2.05) is 0 Å². The van der Waals surface area contributed by atoms with E-state index >= 15 is 0 Å². The van der Waals surface area contributed by atoms with Gasteiger partial charge in [0.15, 0.2) is 0 Å². The van der Waals surface area contributed by atoms with Gasteiger partial charge in [0.05, 0.1) is 32.6 Å². The summed E-state index contributed by atoms with van der Waals surface area (Å²) >= 11 is 13.1. The van der Waals surface area contributed by atoms with Crippen molar-refractivity contribution in [3.8, 4) is 45.0 Å². The summed E-state index contributed by atoms with van der Waals surface area (Å²) in [6.07, 6.45) is 0. The SMILES string of the molecule is COCn1nc(-c2ccc(F)cc2)c(Cl)c1-c1ccccc1C(=O)O.COCn1nc(-c2ccccc2C(=O)O)c(Cl)c1-c1ccc(F)cc1. The highest BCUT2D eigenvalue weighted by atomic mass is 35.5. The first-order valence-electron chi connectivity index (χ1n) is 14.7. The van der Waals surface area contributed by atoms with Crippen molar-refractivity contribution >= 4 is 35.1 Å². The van der Waals surface area contributed by atoms with Crippen LogP contribution in [0.25, 0.3) is 45.0 Å². The van der Waals surface area contributed by atoms with Gasteiger partial charge in [0.2, 0.25) is 0 Å². The Morgan fingerprint density at radius 2 is 1.04 bits per heavy atom. The first kappa shape index (κ1) is 35.9. The molecule has 0 unspecified atom stereocenters. The second kappa shape index (κ2) is 15.9. The van der Waals surface area contributed by atoms with E-state index in [2.05, 4.69) is 10.2 Å². The van der Waals surface area contributed by atoms with Gasteiger partial charge >= 0.3 is 11.9 Å². The number of carboxylic acids is 2. The summed E-state index contributed by atoms with van der Waals surface area (Å²) in [5.74, 6) is -2.88. The van der Waals surface area contributed by atoms with E-state index < -0.39 is 11.9 Å². The minimum atomic E-state index is -1.07. The third kappa shape index (κ3) is 7.58. The fourth-order valence-corrected chi connectivity index (χ4v) is 5.86. The van der Waals surface area contributed by atoms with Crippen LogP contribution in [0.15, 0.2) is 97.1 Å². The lowest BCUT2D eigenvalue weighted by atomic mass is 10.0. The van der Waals surface area contributed by atoms with E-state index in [1.165, 1.54) is 60.0 Å². The van der Waals surface area contributed by atoms with Gasteiger partial charge < -0.3 is 19.7 Å². The fourth-order valence-electron chi connectivity index (χ4n) is 5.17. The van der Waals surface area contributed by atoms with Crippen LogP contribution < -0.4 is 0 Å². The number of hydrogen-bond acceptors (Lipinski definition) is 6. The molecular weight excluding hydrogens is 693 g/mol. The number of ether oxygens (including phenoxy) is 2. The molecule has 0 saturated carbocycles. The van der Waals surface area contributed by atoms with E-state index in [9.17, 15) is 28.6 Å². The van der Waals surface area contributed by atoms with Crippen molar-refractivity contribution in [2.24, 2.45) is 0 Å². The van der Waals surface area contributed by atoms with Gasteiger partial charge in [0, 0.05) is 36.5 Å². The van der Waals surface area contributed by atoms with Crippen LogP contribution in [0.4, 0.5) is 8.78 Å². The van der Waals surface area contributed by atoms with Crippen LogP contribution in [0, 0.1) is 11.6 Å². The second-order valence-electron chi connectivity index (χ2n) is 10.6. The number of carbonyl (C=O) groups is 2. The maximum atomic E-state index is 13.2. The molecule has 0 radical (unpaired) electrons. The van der Waals surface area contributed by atoms with Crippen LogP contribution in [-0.2, 0) is 22.9 Å². The Kier molecular flexibility index (Phi) is 11.4. The zero-order valence-electron chi connectivity index (χ0n) is 26.5. The number of carboxylic acid groups (broad SMARTS) is 2. The summed E-state index contributed by atoms with van der Waals surface area (Å²) in [6, 6.07) is 24.5. The van der Waals surface area contributed by atoms with Gasteiger partial charge in [-0.1, -0.05) is 59.6 Å². The highest BCUT2D eigenvalue weighted by Crippen LogP contribution is 2.39. The zero-order valence-corrected chi connectivity index (χ0v) is 28.0. The Bertz CT molecular complexity index is 2150. The zero-order chi connectivity index (χ0) is 35.9. The first-order chi connectivity index (χ1) is 24.0. The van der Waals surface area contributed by atoms with Gasteiger partial charge in [-0.3, -0.25) is 0 Å². The van der Waals surface area contributed by atoms with Gasteiger partial charge in [-0.2, -0.15) is 10.2 Å². The Labute approximate surface area is 294 Å². The molecule has 0 aliphatic rings. The quantitative estimate of drug-likeness (QED) is 0.144. The summed E-state index contributed by atoms with van der Waals surface area (Å²) < 4.78 is 39.7. The lowest BCUT2D eigenvalue weighted by Gasteiger charge is -2.09. The van der Waals surface area contributed by atoms with Crippen molar-refractivity contribution in [3.05, 3.63) is 130 Å². The molecule has 0 atom stereocenters. The minimum absolute atomic E-state index is 0.0875. The summed E-state index contributed by atoms with van der Waals surface area (Å²) in [4.78, 5) is 23.0. The molecule has 50 heavy (non-hydrogen) atoms. The Hall–Kier alpha value is -5.40. The molecule has 14 heteroatoms. The first-order valence-corrected chi connectivity index (χ1v) is 15.5. The molecule has 10 nitrogen and oxygen atoms in total. The van der Waals surface area contributed by atoms with Crippen molar-refractivity contribution in [1.82, 2.24) is 19.6 Å². The number of benzene rings is 4. The molecule has 256 valence electrons. The third-order valence-electron chi connectivity index (χ3n) is 7.35. The van der Waals surface area contributed by atoms with Crippen LogP contribution >= 0.6 is 23.2 Å². The molecule has 2 heterocycles. The van der Waals surface area contributed by atoms with Gasteiger partial charge in [-0.05, 0) is 60.7 Å². The molecule has 4 aromatic carbocycles. The van der Waals surface area contributed by atoms with E-state index in [-0.39, 0.29) is 46.3 Å². The molecule has 2 N–H and O–H groups in total. The summed E-state index contributed by atoms with van der Waals surface area (Å²) in [7, 11) is 3.01. The molecule has 0 bridgehead atoms. The lowest BCUT2D eigenvalue weighted by molar-refractivity contribution is 0.0686. The monoisotopic (exact) mass is 720 g/mol. The van der Waals surface area contributed by atoms with Gasteiger partial charge in [-0.15, -0.1) is 0 Å². The molecule has 0 aliphatic carbocycles. The maximum Gasteiger partial charge on any atom is 0.336 e. The minimum Gasteiger partial charge on any atom is -0.478 e. The predicted molar refractivity (Wildman–Crippen MR) is 184 cm³/mol. The van der Waals surface area contributed by atoms with Gasteiger partial charge in [0.25, 0.3) is 0 Å². The molecule has 0 aliphatic heterocycles. The smallest absolute Gasteiger partial charge is 0.336 e. The third-order valence-corrected chi connectivity index (χ3v) is 8.07. The van der Waals surface area contributed by atoms with Crippen molar-refractivity contribution in [2.75, 3.05) is 14.2 Å². The molecule has 0 fully saturated rings. The van der Waals surface area contributed by atoms with Crippen molar-refractivity contribution in [3.63, 3.8) is 0 Å². The Morgan fingerprint density at radius 1 is 0.620 bits per heavy atom. The number of aromatic nitrogens is 4. The normalized spacial score (nSPS) is 10.8. The molecule has 2 aromatic heterocycles. The number of hydrogen-bond donors (Lipinski definition) is 2. The predicted octanol–water partition coefficient (Wildman–Crippen LogP) is 8.62. The van der Waals surface area contributed by atoms with Crippen LogP contribution in [0.3, 0.4) is 0 Å². The van der Waals surface area contributed by atoms with Crippen LogP contribution in [-0.4, -0.2) is 55.9 Å². The highest BCUT2D eigenvalue weighted by Gasteiger charge is 2.24. The lowest BCUT2D eigenvalue weighted by Crippen LogP contribution is -2.07. The van der Waals surface area contributed by atoms with Crippen LogP contribution in [0.1, 0.15) is 20.7 Å². The van der Waals surface area contributed by atoms with Crippen LogP contribution in [0.2, 0.25) is 10.0 Å². The largest absolute Gasteiger partial charge is 0.478 e. The average molecular weight is 722 g/mol. The van der Waals surface area contributed by atoms with E-state index in [4.69, 9.17) is 32.7 Å². The molecular formula is C36H28Cl2F2N4O6. The van der Waals surface area contributed by atoms with Crippen molar-refractivity contribution in [2.45, 2.75) is 13.5 Å². The number of rotatable bonds is 10. The summed E-state index contributed by atoms with van der Waals surface area (Å²) in [6.45, 7) is 0.200. The second-order valence-corrected chi connectivity index (χ2v) is 11.3. The van der Waals surface area contributed by atoms with E-state index in [0.29, 0.717) is 45.0 Å². The molecule has 0 saturated heterocycles. The van der Waals surface area contributed by atoms with Crippen molar-refractivity contribution in [1.29, 1.82) is 0 Å². The molecule has 0 spiro atoms. The summed E-state index contributed by atoms with van der Waals surface area (Å²) in [5, 5.41) is 28.2. The van der Waals surface area contributed by atoms with Gasteiger partial charge in [-0.25, -0.2) is 27.7 Å². The number of methoxy groups -OCH3 is 2.